The Hall–Kier alpha value is -2.21. The molecule has 2 aliphatic rings. The van der Waals surface area contributed by atoms with E-state index in [9.17, 15) is 4.79 Å². The molecular weight excluding hydrogens is 436 g/mol. The molecule has 2 saturated heterocycles. The molecule has 2 aliphatic heterocycles. The van der Waals surface area contributed by atoms with Gasteiger partial charge in [-0.2, -0.15) is 0 Å². The van der Waals surface area contributed by atoms with Gasteiger partial charge in [-0.05, 0) is 88.8 Å². The Morgan fingerprint density at radius 1 is 0.829 bits per heavy atom. The molecule has 0 aliphatic carbocycles. The molecule has 194 valence electrons. The summed E-state index contributed by atoms with van der Waals surface area (Å²) in [5.74, 6) is 0.934. The molecule has 0 radical (unpaired) electrons. The zero-order chi connectivity index (χ0) is 25.2. The molecule has 0 aromatic heterocycles. The van der Waals surface area contributed by atoms with Crippen molar-refractivity contribution < 1.29 is 16.4 Å². The van der Waals surface area contributed by atoms with Gasteiger partial charge in [-0.25, -0.2) is 0 Å². The monoisotopic (exact) mass is 482 g/mol. The molecule has 2 fully saturated rings. The third kappa shape index (κ3) is 8.75. The maximum atomic E-state index is 11.9. The van der Waals surface area contributed by atoms with Crippen molar-refractivity contribution in [3.63, 3.8) is 0 Å². The molecule has 2 heterocycles. The van der Waals surface area contributed by atoms with Crippen LogP contribution in [0, 0.1) is 11.8 Å². The molecule has 2 aromatic rings. The molecule has 2 aromatic carbocycles. The normalized spacial score (nSPS) is 27.8. The first-order valence-corrected chi connectivity index (χ1v) is 13.2. The second-order valence-corrected chi connectivity index (χ2v) is 11.0. The summed E-state index contributed by atoms with van der Waals surface area (Å²) in [6.07, 6.45) is 7.63. The van der Waals surface area contributed by atoms with Gasteiger partial charge in [0.2, 0.25) is 5.91 Å². The zero-order valence-electron chi connectivity index (χ0n) is 21.5. The van der Waals surface area contributed by atoms with Gasteiger partial charge in [0.05, 0.1) is 0 Å². The highest BCUT2D eigenvalue weighted by atomic mass is 16.3. The Morgan fingerprint density at radius 2 is 1.37 bits per heavy atom. The fourth-order valence-electron chi connectivity index (χ4n) is 5.76. The number of aliphatic hydroxyl groups excluding tert-OH is 2. The predicted molar refractivity (Wildman–Crippen MR) is 144 cm³/mol. The standard InChI is InChI=1S/C15H21NO2.C15H23NO.H2/c1-15(10-12-6-3-2-4-7-12)11-13(8-5-9-17)14(18)16-15;1-15(10-13-6-3-2-4-7-13)11-14(12-16-15)8-5-9-17;/h2-4,6-7,13,17H,5,8-11H2,1H3,(H,16,18);2-4,6-7,14,16-17H,5,8-12H2,1H3;1H. The first kappa shape index (κ1) is 27.4. The van der Waals surface area contributed by atoms with Crippen LogP contribution in [-0.4, -0.2) is 47.0 Å². The van der Waals surface area contributed by atoms with E-state index < -0.39 is 0 Å². The van der Waals surface area contributed by atoms with Gasteiger partial charge in [0.15, 0.2) is 0 Å². The third-order valence-corrected chi connectivity index (χ3v) is 7.40. The lowest BCUT2D eigenvalue weighted by molar-refractivity contribution is -0.123. The second kappa shape index (κ2) is 13.2. The Morgan fingerprint density at radius 3 is 1.94 bits per heavy atom. The zero-order valence-corrected chi connectivity index (χ0v) is 21.5. The number of carbonyl (C=O) groups is 1. The van der Waals surface area contributed by atoms with Crippen LogP contribution in [0.4, 0.5) is 0 Å². The largest absolute Gasteiger partial charge is 0.396 e. The smallest absolute Gasteiger partial charge is 0.223 e. The van der Waals surface area contributed by atoms with Crippen molar-refractivity contribution in [2.45, 2.75) is 76.3 Å². The van der Waals surface area contributed by atoms with E-state index in [2.05, 4.69) is 66.9 Å². The van der Waals surface area contributed by atoms with Crippen LogP contribution >= 0.6 is 0 Å². The summed E-state index contributed by atoms with van der Waals surface area (Å²) in [6, 6.07) is 20.9. The van der Waals surface area contributed by atoms with E-state index in [0.29, 0.717) is 13.0 Å². The van der Waals surface area contributed by atoms with Crippen LogP contribution in [0.15, 0.2) is 60.7 Å². The summed E-state index contributed by atoms with van der Waals surface area (Å²) >= 11 is 0. The highest BCUT2D eigenvalue weighted by molar-refractivity contribution is 5.82. The summed E-state index contributed by atoms with van der Waals surface area (Å²) in [6.45, 7) is 6.02. The molecule has 4 atom stereocenters. The minimum atomic E-state index is -0.140. The number of carbonyl (C=O) groups excluding carboxylic acids is 1. The lowest BCUT2D eigenvalue weighted by Gasteiger charge is -2.24. The summed E-state index contributed by atoms with van der Waals surface area (Å²) in [4.78, 5) is 11.9. The van der Waals surface area contributed by atoms with Gasteiger partial charge in [-0.1, -0.05) is 60.7 Å². The Labute approximate surface area is 212 Å². The van der Waals surface area contributed by atoms with Crippen molar-refractivity contribution in [1.82, 2.24) is 10.6 Å². The average molecular weight is 483 g/mol. The van der Waals surface area contributed by atoms with Crippen molar-refractivity contribution in [2.75, 3.05) is 19.8 Å². The number of hydrogen-bond acceptors (Lipinski definition) is 4. The van der Waals surface area contributed by atoms with Crippen molar-refractivity contribution in [3.8, 4) is 0 Å². The van der Waals surface area contributed by atoms with Gasteiger partial charge >= 0.3 is 0 Å². The van der Waals surface area contributed by atoms with E-state index in [4.69, 9.17) is 10.2 Å². The third-order valence-electron chi connectivity index (χ3n) is 7.40. The molecule has 35 heavy (non-hydrogen) atoms. The first-order valence-electron chi connectivity index (χ1n) is 13.2. The molecule has 0 bridgehead atoms. The Kier molecular flexibility index (Phi) is 10.3. The van der Waals surface area contributed by atoms with Crippen molar-refractivity contribution >= 4 is 5.91 Å². The van der Waals surface area contributed by atoms with Gasteiger partial charge in [0.25, 0.3) is 0 Å². The maximum absolute atomic E-state index is 11.9. The highest BCUT2D eigenvalue weighted by Gasteiger charge is 2.40. The SMILES string of the molecule is CC1(Cc2ccccc2)CC(CCCO)C(=O)N1.CC1(Cc2ccccc2)CC(CCCO)CN1.[HH]. The number of rotatable bonds is 10. The molecule has 1 amide bonds. The summed E-state index contributed by atoms with van der Waals surface area (Å²) < 4.78 is 0. The summed E-state index contributed by atoms with van der Waals surface area (Å²) in [5, 5.41) is 24.5. The van der Waals surface area contributed by atoms with Crippen LogP contribution in [0.3, 0.4) is 0 Å². The predicted octanol–water partition coefficient (Wildman–Crippen LogP) is 4.51. The summed E-state index contributed by atoms with van der Waals surface area (Å²) in [7, 11) is 0. The van der Waals surface area contributed by atoms with E-state index in [1.165, 1.54) is 17.5 Å². The van der Waals surface area contributed by atoms with Crippen LogP contribution < -0.4 is 10.6 Å². The Balaban J connectivity index is 0.000000247. The van der Waals surface area contributed by atoms with Crippen molar-refractivity contribution in [3.05, 3.63) is 71.8 Å². The second-order valence-electron chi connectivity index (χ2n) is 11.0. The average Bonchev–Trinajstić information content (AvgIpc) is 3.35. The van der Waals surface area contributed by atoms with Crippen LogP contribution in [0.25, 0.3) is 0 Å². The first-order chi connectivity index (χ1) is 16.8. The number of nitrogens with one attached hydrogen (secondary N) is 2. The number of aliphatic hydroxyl groups is 2. The van der Waals surface area contributed by atoms with E-state index in [1.807, 2.05) is 18.2 Å². The number of amides is 1. The summed E-state index contributed by atoms with van der Waals surface area (Å²) in [5.41, 5.74) is 2.76. The van der Waals surface area contributed by atoms with Crippen molar-refractivity contribution in [2.24, 2.45) is 11.8 Å². The fraction of sp³-hybridized carbons (Fsp3) is 0.567. The van der Waals surface area contributed by atoms with Crippen LogP contribution in [0.2, 0.25) is 0 Å². The minimum Gasteiger partial charge on any atom is -0.396 e. The quantitative estimate of drug-likeness (QED) is 0.402. The molecule has 5 nitrogen and oxygen atoms in total. The lowest BCUT2D eigenvalue weighted by atomic mass is 9.87. The van der Waals surface area contributed by atoms with Gasteiger partial charge in [0.1, 0.15) is 0 Å². The maximum Gasteiger partial charge on any atom is 0.223 e. The van der Waals surface area contributed by atoms with Gasteiger partial charge in [0, 0.05) is 31.6 Å². The van der Waals surface area contributed by atoms with E-state index in [-0.39, 0.29) is 30.9 Å². The van der Waals surface area contributed by atoms with Gasteiger partial charge < -0.3 is 20.8 Å². The Bertz CT molecular complexity index is 898. The topological polar surface area (TPSA) is 81.6 Å². The fourth-order valence-corrected chi connectivity index (χ4v) is 5.76. The molecule has 4 N–H and O–H groups in total. The molecular formula is C30H46N2O3. The van der Waals surface area contributed by atoms with Crippen LogP contribution in [-0.2, 0) is 17.6 Å². The lowest BCUT2D eigenvalue weighted by Crippen LogP contribution is -2.40. The van der Waals surface area contributed by atoms with Crippen LogP contribution in [0.1, 0.15) is 64.9 Å². The van der Waals surface area contributed by atoms with E-state index in [1.54, 1.807) is 0 Å². The number of hydrogen-bond donors (Lipinski definition) is 4. The van der Waals surface area contributed by atoms with Gasteiger partial charge in [-0.3, -0.25) is 4.79 Å². The number of benzene rings is 2. The minimum absolute atomic E-state index is 0. The highest BCUT2D eigenvalue weighted by Crippen LogP contribution is 2.31. The molecule has 5 heteroatoms. The van der Waals surface area contributed by atoms with Crippen LogP contribution in [0.5, 0.6) is 0 Å². The molecule has 0 spiro atoms. The van der Waals surface area contributed by atoms with Crippen molar-refractivity contribution in [1.29, 1.82) is 0 Å². The van der Waals surface area contributed by atoms with E-state index in [0.717, 1.165) is 51.0 Å². The van der Waals surface area contributed by atoms with E-state index >= 15 is 0 Å². The van der Waals surface area contributed by atoms with Gasteiger partial charge in [-0.15, -0.1) is 0 Å². The molecule has 4 unspecified atom stereocenters. The molecule has 4 rings (SSSR count). The molecule has 0 saturated carbocycles.